The minimum Gasteiger partial charge on any atom is -0.456 e. The SMILES string of the molecule is COC1OC(C(C)OC(=O)c2ccccc2)CC1C. The Morgan fingerprint density at radius 3 is 2.63 bits per heavy atom. The van der Waals surface area contributed by atoms with Crippen molar-refractivity contribution in [3.8, 4) is 0 Å². The van der Waals surface area contributed by atoms with Gasteiger partial charge in [-0.05, 0) is 25.5 Å². The number of ether oxygens (including phenoxy) is 3. The predicted octanol–water partition coefficient (Wildman–Crippen LogP) is 2.63. The van der Waals surface area contributed by atoms with Gasteiger partial charge in [-0.1, -0.05) is 25.1 Å². The van der Waals surface area contributed by atoms with Crippen LogP contribution in [0.1, 0.15) is 30.6 Å². The number of rotatable bonds is 4. The Balaban J connectivity index is 1.91. The summed E-state index contributed by atoms with van der Waals surface area (Å²) in [7, 11) is 1.63. The zero-order chi connectivity index (χ0) is 13.8. The van der Waals surface area contributed by atoms with Crippen LogP contribution in [0.25, 0.3) is 0 Å². The van der Waals surface area contributed by atoms with Crippen molar-refractivity contribution < 1.29 is 19.0 Å². The number of carbonyl (C=O) groups excluding carboxylic acids is 1. The van der Waals surface area contributed by atoms with Gasteiger partial charge in [0.15, 0.2) is 6.29 Å². The lowest BCUT2D eigenvalue weighted by Gasteiger charge is -2.20. The van der Waals surface area contributed by atoms with Gasteiger partial charge in [0.25, 0.3) is 0 Å². The molecule has 1 aromatic rings. The van der Waals surface area contributed by atoms with Gasteiger partial charge in [-0.3, -0.25) is 0 Å². The molecule has 104 valence electrons. The smallest absolute Gasteiger partial charge is 0.338 e. The Kier molecular flexibility index (Phi) is 4.56. The van der Waals surface area contributed by atoms with Crippen LogP contribution < -0.4 is 0 Å². The molecule has 1 aliphatic heterocycles. The van der Waals surface area contributed by atoms with E-state index in [4.69, 9.17) is 14.2 Å². The maximum Gasteiger partial charge on any atom is 0.338 e. The predicted molar refractivity (Wildman–Crippen MR) is 70.8 cm³/mol. The zero-order valence-corrected chi connectivity index (χ0v) is 11.5. The second-order valence-electron chi connectivity index (χ2n) is 4.97. The highest BCUT2D eigenvalue weighted by atomic mass is 16.7. The van der Waals surface area contributed by atoms with Gasteiger partial charge in [0, 0.05) is 13.0 Å². The van der Waals surface area contributed by atoms with Crippen molar-refractivity contribution in [1.29, 1.82) is 0 Å². The van der Waals surface area contributed by atoms with Gasteiger partial charge in [0.1, 0.15) is 6.10 Å². The summed E-state index contributed by atoms with van der Waals surface area (Å²) in [5.41, 5.74) is 0.559. The fraction of sp³-hybridized carbons (Fsp3) is 0.533. The Bertz CT molecular complexity index is 417. The summed E-state index contributed by atoms with van der Waals surface area (Å²) in [6.45, 7) is 3.93. The van der Waals surface area contributed by atoms with Crippen LogP contribution in [0.15, 0.2) is 30.3 Å². The molecule has 1 heterocycles. The van der Waals surface area contributed by atoms with E-state index in [2.05, 4.69) is 6.92 Å². The van der Waals surface area contributed by atoms with Crippen molar-refractivity contribution in [2.45, 2.75) is 38.8 Å². The van der Waals surface area contributed by atoms with E-state index in [1.165, 1.54) is 0 Å². The van der Waals surface area contributed by atoms with Crippen LogP contribution >= 0.6 is 0 Å². The molecule has 4 unspecified atom stereocenters. The number of benzene rings is 1. The zero-order valence-electron chi connectivity index (χ0n) is 11.5. The van der Waals surface area contributed by atoms with Crippen molar-refractivity contribution in [1.82, 2.24) is 0 Å². The van der Waals surface area contributed by atoms with Crippen LogP contribution in [0.5, 0.6) is 0 Å². The van der Waals surface area contributed by atoms with E-state index < -0.39 is 0 Å². The maximum atomic E-state index is 11.9. The third-order valence-corrected chi connectivity index (χ3v) is 3.44. The van der Waals surface area contributed by atoms with Crippen LogP contribution in [-0.2, 0) is 14.2 Å². The first-order chi connectivity index (χ1) is 9.11. The van der Waals surface area contributed by atoms with Crippen LogP contribution in [0, 0.1) is 5.92 Å². The van der Waals surface area contributed by atoms with Crippen molar-refractivity contribution in [3.63, 3.8) is 0 Å². The Labute approximate surface area is 113 Å². The third-order valence-electron chi connectivity index (χ3n) is 3.44. The molecule has 0 radical (unpaired) electrons. The summed E-state index contributed by atoms with van der Waals surface area (Å²) in [5.74, 6) is -0.00176. The quantitative estimate of drug-likeness (QED) is 0.784. The monoisotopic (exact) mass is 264 g/mol. The molecule has 1 fully saturated rings. The highest BCUT2D eigenvalue weighted by molar-refractivity contribution is 5.89. The van der Waals surface area contributed by atoms with E-state index in [1.54, 1.807) is 19.2 Å². The minimum atomic E-state index is -0.315. The molecule has 19 heavy (non-hydrogen) atoms. The summed E-state index contributed by atoms with van der Waals surface area (Å²) in [6.07, 6.45) is 0.243. The van der Waals surface area contributed by atoms with Crippen LogP contribution in [0.4, 0.5) is 0 Å². The minimum absolute atomic E-state index is 0.104. The molecule has 4 heteroatoms. The molecule has 4 nitrogen and oxygen atoms in total. The number of methoxy groups -OCH3 is 1. The molecular formula is C15H20O4. The first kappa shape index (κ1) is 14.0. The lowest BCUT2D eigenvalue weighted by atomic mass is 10.0. The highest BCUT2D eigenvalue weighted by Gasteiger charge is 2.36. The normalized spacial score (nSPS) is 28.1. The van der Waals surface area contributed by atoms with Crippen molar-refractivity contribution in [2.75, 3.05) is 7.11 Å². The molecule has 1 aliphatic rings. The van der Waals surface area contributed by atoms with E-state index >= 15 is 0 Å². The van der Waals surface area contributed by atoms with Crippen LogP contribution in [-0.4, -0.2) is 31.6 Å². The summed E-state index contributed by atoms with van der Waals surface area (Å²) in [5, 5.41) is 0. The van der Waals surface area contributed by atoms with Gasteiger partial charge in [-0.25, -0.2) is 4.79 Å². The van der Waals surface area contributed by atoms with Gasteiger partial charge in [0.05, 0.1) is 11.7 Å². The van der Waals surface area contributed by atoms with Crippen molar-refractivity contribution in [3.05, 3.63) is 35.9 Å². The largest absolute Gasteiger partial charge is 0.456 e. The van der Waals surface area contributed by atoms with Gasteiger partial charge < -0.3 is 14.2 Å². The lowest BCUT2D eigenvalue weighted by molar-refractivity contribution is -0.147. The number of hydrogen-bond acceptors (Lipinski definition) is 4. The fourth-order valence-corrected chi connectivity index (χ4v) is 2.32. The highest BCUT2D eigenvalue weighted by Crippen LogP contribution is 2.29. The number of esters is 1. The van der Waals surface area contributed by atoms with Gasteiger partial charge in [0.2, 0.25) is 0 Å². The average molecular weight is 264 g/mol. The Hall–Kier alpha value is -1.39. The molecule has 0 saturated carbocycles. The second kappa shape index (κ2) is 6.17. The second-order valence-corrected chi connectivity index (χ2v) is 4.97. The standard InChI is InChI=1S/C15H20O4/c1-10-9-13(19-15(10)17-3)11(2)18-14(16)12-7-5-4-6-8-12/h4-8,10-11,13,15H,9H2,1-3H3. The average Bonchev–Trinajstić information content (AvgIpc) is 2.81. The van der Waals surface area contributed by atoms with E-state index in [9.17, 15) is 4.79 Å². The van der Waals surface area contributed by atoms with E-state index in [-0.39, 0.29) is 24.5 Å². The molecule has 0 aromatic heterocycles. The molecule has 0 aliphatic carbocycles. The Morgan fingerprint density at radius 1 is 1.37 bits per heavy atom. The third kappa shape index (κ3) is 3.33. The molecular weight excluding hydrogens is 244 g/mol. The summed E-state index contributed by atoms with van der Waals surface area (Å²) in [6, 6.07) is 8.98. The first-order valence-corrected chi connectivity index (χ1v) is 6.56. The summed E-state index contributed by atoms with van der Waals surface area (Å²) < 4.78 is 16.4. The molecule has 2 rings (SSSR count). The number of hydrogen-bond donors (Lipinski definition) is 0. The topological polar surface area (TPSA) is 44.8 Å². The van der Waals surface area contributed by atoms with E-state index in [0.717, 1.165) is 6.42 Å². The Morgan fingerprint density at radius 2 is 2.05 bits per heavy atom. The molecule has 0 N–H and O–H groups in total. The molecule has 0 spiro atoms. The van der Waals surface area contributed by atoms with E-state index in [0.29, 0.717) is 11.5 Å². The van der Waals surface area contributed by atoms with Crippen LogP contribution in [0.2, 0.25) is 0 Å². The van der Waals surface area contributed by atoms with E-state index in [1.807, 2.05) is 25.1 Å². The van der Waals surface area contributed by atoms with Crippen molar-refractivity contribution in [2.24, 2.45) is 5.92 Å². The molecule has 1 aromatic carbocycles. The fourth-order valence-electron chi connectivity index (χ4n) is 2.32. The summed E-state index contributed by atoms with van der Waals surface area (Å²) >= 11 is 0. The van der Waals surface area contributed by atoms with Crippen molar-refractivity contribution >= 4 is 5.97 Å². The molecule has 0 bridgehead atoms. The number of carbonyl (C=O) groups is 1. The van der Waals surface area contributed by atoms with Gasteiger partial charge in [-0.15, -0.1) is 0 Å². The summed E-state index contributed by atoms with van der Waals surface area (Å²) in [4.78, 5) is 11.9. The van der Waals surface area contributed by atoms with Gasteiger partial charge in [-0.2, -0.15) is 0 Å². The molecule has 4 atom stereocenters. The lowest BCUT2D eigenvalue weighted by Crippen LogP contribution is -2.29. The van der Waals surface area contributed by atoms with Crippen LogP contribution in [0.3, 0.4) is 0 Å². The maximum absolute atomic E-state index is 11.9. The first-order valence-electron chi connectivity index (χ1n) is 6.56. The van der Waals surface area contributed by atoms with Gasteiger partial charge >= 0.3 is 5.97 Å². The molecule has 0 amide bonds. The molecule has 1 saturated heterocycles.